The van der Waals surface area contributed by atoms with Crippen molar-refractivity contribution in [3.63, 3.8) is 0 Å². The molecule has 2 rings (SSSR count). The van der Waals surface area contributed by atoms with E-state index in [1.54, 1.807) is 5.32 Å². The summed E-state index contributed by atoms with van der Waals surface area (Å²) in [7, 11) is 0. The molecule has 27 heavy (non-hydrogen) atoms. The topological polar surface area (TPSA) is 67.4 Å². The van der Waals surface area contributed by atoms with Gasteiger partial charge in [0, 0.05) is 11.3 Å². The Balaban J connectivity index is 1.93. The second-order valence-corrected chi connectivity index (χ2v) is 6.14. The largest absolute Gasteiger partial charge is 0.483 e. The second-order valence-electron chi connectivity index (χ2n) is 5.29. The number of carbonyl (C=O) groups excluding carboxylic acids is 2. The molecule has 0 spiro atoms. The van der Waals surface area contributed by atoms with Crippen LogP contribution in [-0.4, -0.2) is 31.1 Å². The number of alkyl halides is 3. The van der Waals surface area contributed by atoms with E-state index in [4.69, 9.17) is 4.74 Å². The number of nitrogens with one attached hydrogen (secondary N) is 2. The highest BCUT2D eigenvalue weighted by Gasteiger charge is 2.27. The van der Waals surface area contributed by atoms with Crippen molar-refractivity contribution >= 4 is 33.4 Å². The highest BCUT2D eigenvalue weighted by atomic mass is 79.9. The van der Waals surface area contributed by atoms with E-state index in [2.05, 4.69) is 21.2 Å². The van der Waals surface area contributed by atoms with Crippen LogP contribution in [0.5, 0.6) is 5.75 Å². The summed E-state index contributed by atoms with van der Waals surface area (Å²) in [5.74, 6) is -1.71. The summed E-state index contributed by atoms with van der Waals surface area (Å²) in [4.78, 5) is 23.6. The van der Waals surface area contributed by atoms with E-state index >= 15 is 0 Å². The Morgan fingerprint density at radius 2 is 1.85 bits per heavy atom. The Morgan fingerprint density at radius 3 is 2.52 bits per heavy atom. The van der Waals surface area contributed by atoms with Gasteiger partial charge in [-0.15, -0.1) is 0 Å². The monoisotopic (exact) mass is 448 g/mol. The predicted octanol–water partition coefficient (Wildman–Crippen LogP) is 3.90. The van der Waals surface area contributed by atoms with Gasteiger partial charge in [0.05, 0.1) is 4.47 Å². The molecular weight excluding hydrogens is 436 g/mol. The first kappa shape index (κ1) is 20.7. The van der Waals surface area contributed by atoms with Crippen LogP contribution >= 0.6 is 15.9 Å². The molecule has 0 radical (unpaired) electrons. The summed E-state index contributed by atoms with van der Waals surface area (Å²) >= 11 is 3.10. The van der Waals surface area contributed by atoms with E-state index in [0.29, 0.717) is 4.47 Å². The third kappa shape index (κ3) is 6.89. The summed E-state index contributed by atoms with van der Waals surface area (Å²) in [5.41, 5.74) is 0.167. The van der Waals surface area contributed by atoms with Crippen molar-refractivity contribution in [2.24, 2.45) is 0 Å². The summed E-state index contributed by atoms with van der Waals surface area (Å²) in [6.07, 6.45) is -4.52. The van der Waals surface area contributed by atoms with Gasteiger partial charge in [0.15, 0.2) is 6.61 Å². The van der Waals surface area contributed by atoms with E-state index in [1.165, 1.54) is 42.5 Å². The standard InChI is InChI=1S/C17H13BrF4N2O3/c18-13-7-11(19)4-5-14(13)27-8-15(25)24-12-3-1-2-10(6-12)16(26)23-9-17(20,21)22/h1-7H,8-9H2,(H,23,26)(H,24,25). The molecule has 144 valence electrons. The normalized spacial score (nSPS) is 11.0. The summed E-state index contributed by atoms with van der Waals surface area (Å²) < 4.78 is 55.0. The molecule has 0 aromatic heterocycles. The molecule has 2 aromatic rings. The van der Waals surface area contributed by atoms with Crippen LogP contribution in [0.3, 0.4) is 0 Å². The number of ether oxygens (including phenoxy) is 1. The summed E-state index contributed by atoms with van der Waals surface area (Å²) in [6.45, 7) is -1.85. The molecule has 0 heterocycles. The maximum absolute atomic E-state index is 13.0. The number of benzene rings is 2. The van der Waals surface area contributed by atoms with E-state index in [0.717, 1.165) is 0 Å². The van der Waals surface area contributed by atoms with Gasteiger partial charge in [-0.05, 0) is 52.3 Å². The molecular formula is C17H13BrF4N2O3. The van der Waals surface area contributed by atoms with Gasteiger partial charge in [-0.1, -0.05) is 6.07 Å². The van der Waals surface area contributed by atoms with Crippen molar-refractivity contribution in [3.05, 3.63) is 58.3 Å². The molecule has 2 N–H and O–H groups in total. The molecule has 2 aromatic carbocycles. The first-order chi connectivity index (χ1) is 12.6. The molecule has 5 nitrogen and oxygen atoms in total. The van der Waals surface area contributed by atoms with Crippen molar-refractivity contribution in [2.75, 3.05) is 18.5 Å². The number of anilines is 1. The summed E-state index contributed by atoms with van der Waals surface area (Å²) in [5, 5.41) is 4.19. The fourth-order valence-corrected chi connectivity index (χ4v) is 2.42. The van der Waals surface area contributed by atoms with Gasteiger partial charge >= 0.3 is 6.18 Å². The first-order valence-electron chi connectivity index (χ1n) is 7.47. The molecule has 0 aliphatic heterocycles. The van der Waals surface area contributed by atoms with Crippen molar-refractivity contribution in [1.82, 2.24) is 5.32 Å². The number of halogens is 5. The van der Waals surface area contributed by atoms with Gasteiger partial charge in [0.1, 0.15) is 18.1 Å². The number of rotatable bonds is 6. The van der Waals surface area contributed by atoms with Crippen molar-refractivity contribution < 1.29 is 31.9 Å². The maximum Gasteiger partial charge on any atom is 0.405 e. The minimum atomic E-state index is -4.52. The van der Waals surface area contributed by atoms with Gasteiger partial charge in [0.2, 0.25) is 0 Å². The van der Waals surface area contributed by atoms with Gasteiger partial charge in [0.25, 0.3) is 11.8 Å². The molecule has 0 aliphatic carbocycles. The fraction of sp³-hybridized carbons (Fsp3) is 0.176. The minimum absolute atomic E-state index is 0.0424. The molecule has 0 saturated heterocycles. The van der Waals surface area contributed by atoms with Crippen molar-refractivity contribution in [1.29, 1.82) is 0 Å². The van der Waals surface area contributed by atoms with Crippen LogP contribution in [0.15, 0.2) is 46.9 Å². The quantitative estimate of drug-likeness (QED) is 0.658. The SMILES string of the molecule is O=C(COc1ccc(F)cc1Br)Nc1cccc(C(=O)NCC(F)(F)F)c1. The molecule has 0 saturated carbocycles. The Labute approximate surface area is 159 Å². The fourth-order valence-electron chi connectivity index (χ4n) is 1.95. The third-order valence-electron chi connectivity index (χ3n) is 3.11. The van der Waals surface area contributed by atoms with E-state index in [-0.39, 0.29) is 17.0 Å². The van der Waals surface area contributed by atoms with Gasteiger partial charge < -0.3 is 15.4 Å². The molecule has 10 heteroatoms. The highest BCUT2D eigenvalue weighted by molar-refractivity contribution is 9.10. The number of hydrogen-bond donors (Lipinski definition) is 2. The van der Waals surface area contributed by atoms with Crippen molar-refractivity contribution in [3.8, 4) is 5.75 Å². The van der Waals surface area contributed by atoms with Crippen LogP contribution in [0.4, 0.5) is 23.2 Å². The van der Waals surface area contributed by atoms with Crippen LogP contribution in [0.2, 0.25) is 0 Å². The minimum Gasteiger partial charge on any atom is -0.483 e. The number of amides is 2. The van der Waals surface area contributed by atoms with Crippen LogP contribution in [0, 0.1) is 5.82 Å². The lowest BCUT2D eigenvalue weighted by atomic mass is 10.2. The lowest BCUT2D eigenvalue weighted by molar-refractivity contribution is -0.123. The van der Waals surface area contributed by atoms with Gasteiger partial charge in [-0.2, -0.15) is 13.2 Å². The third-order valence-corrected chi connectivity index (χ3v) is 3.73. The Kier molecular flexibility index (Phi) is 6.78. The van der Waals surface area contributed by atoms with Crippen LogP contribution in [-0.2, 0) is 4.79 Å². The zero-order valence-electron chi connectivity index (χ0n) is 13.6. The van der Waals surface area contributed by atoms with Crippen LogP contribution in [0.25, 0.3) is 0 Å². The van der Waals surface area contributed by atoms with Gasteiger partial charge in [-0.25, -0.2) is 4.39 Å². The Bertz CT molecular complexity index is 843. The molecule has 0 fully saturated rings. The second kappa shape index (κ2) is 8.85. The zero-order valence-corrected chi connectivity index (χ0v) is 15.2. The molecule has 0 bridgehead atoms. The molecule has 0 aliphatic rings. The smallest absolute Gasteiger partial charge is 0.405 e. The maximum atomic E-state index is 13.0. The van der Waals surface area contributed by atoms with Gasteiger partial charge in [-0.3, -0.25) is 9.59 Å². The van der Waals surface area contributed by atoms with E-state index < -0.39 is 37.0 Å². The lowest BCUT2D eigenvalue weighted by Gasteiger charge is -2.11. The van der Waals surface area contributed by atoms with E-state index in [1.807, 2.05) is 0 Å². The predicted molar refractivity (Wildman–Crippen MR) is 93.1 cm³/mol. The lowest BCUT2D eigenvalue weighted by Crippen LogP contribution is -2.33. The zero-order chi connectivity index (χ0) is 20.0. The molecule has 2 amide bonds. The number of hydrogen-bond acceptors (Lipinski definition) is 3. The highest BCUT2D eigenvalue weighted by Crippen LogP contribution is 2.25. The Hall–Kier alpha value is -2.62. The van der Waals surface area contributed by atoms with E-state index in [9.17, 15) is 27.2 Å². The average molecular weight is 449 g/mol. The van der Waals surface area contributed by atoms with Crippen LogP contribution in [0.1, 0.15) is 10.4 Å². The average Bonchev–Trinajstić information content (AvgIpc) is 2.58. The molecule has 0 atom stereocenters. The first-order valence-corrected chi connectivity index (χ1v) is 8.26. The number of carbonyl (C=O) groups is 2. The Morgan fingerprint density at radius 1 is 1.11 bits per heavy atom. The molecule has 0 unspecified atom stereocenters. The summed E-state index contributed by atoms with van der Waals surface area (Å²) in [6, 6.07) is 9.11. The van der Waals surface area contributed by atoms with Crippen LogP contribution < -0.4 is 15.4 Å². The van der Waals surface area contributed by atoms with Crippen molar-refractivity contribution in [2.45, 2.75) is 6.18 Å².